The Bertz CT molecular complexity index is 1090. The highest BCUT2D eigenvalue weighted by atomic mass is 19.1. The lowest BCUT2D eigenvalue weighted by Gasteiger charge is -2.17. The van der Waals surface area contributed by atoms with Crippen LogP contribution in [0.5, 0.6) is 0 Å². The number of nitrogens with one attached hydrogen (secondary N) is 1. The zero-order valence-electron chi connectivity index (χ0n) is 16.4. The van der Waals surface area contributed by atoms with Crippen LogP contribution < -0.4 is 10.2 Å². The van der Waals surface area contributed by atoms with Gasteiger partial charge in [0, 0.05) is 49.0 Å². The lowest BCUT2D eigenvalue weighted by Crippen LogP contribution is -2.37. The van der Waals surface area contributed by atoms with E-state index in [2.05, 4.69) is 25.2 Å². The van der Waals surface area contributed by atoms with Crippen molar-refractivity contribution >= 4 is 11.9 Å². The number of hydrogen-bond acceptors (Lipinski definition) is 6. The summed E-state index contributed by atoms with van der Waals surface area (Å²) < 4.78 is 13.4. The Morgan fingerprint density at radius 2 is 2.00 bits per heavy atom. The second-order valence-corrected chi connectivity index (χ2v) is 7.71. The van der Waals surface area contributed by atoms with E-state index in [1.54, 1.807) is 12.1 Å². The predicted octanol–water partition coefficient (Wildman–Crippen LogP) is 2.57. The van der Waals surface area contributed by atoms with Crippen molar-refractivity contribution < 1.29 is 9.18 Å². The smallest absolute Gasteiger partial charge is 0.254 e. The van der Waals surface area contributed by atoms with Crippen molar-refractivity contribution in [1.29, 1.82) is 0 Å². The number of aryl methyl sites for hydroxylation is 2. The normalized spacial score (nSPS) is 17.8. The van der Waals surface area contributed by atoms with Crippen molar-refractivity contribution in [1.82, 2.24) is 25.3 Å². The molecule has 2 aromatic heterocycles. The van der Waals surface area contributed by atoms with Gasteiger partial charge in [0.2, 0.25) is 5.95 Å². The molecule has 1 fully saturated rings. The van der Waals surface area contributed by atoms with Gasteiger partial charge < -0.3 is 10.2 Å². The molecule has 1 saturated heterocycles. The van der Waals surface area contributed by atoms with E-state index in [9.17, 15) is 9.18 Å². The van der Waals surface area contributed by atoms with Crippen molar-refractivity contribution in [2.75, 3.05) is 18.0 Å². The van der Waals surface area contributed by atoms with Crippen LogP contribution in [-0.4, -0.2) is 45.0 Å². The van der Waals surface area contributed by atoms with Crippen molar-refractivity contribution in [2.24, 2.45) is 0 Å². The van der Waals surface area contributed by atoms with E-state index in [1.165, 1.54) is 30.1 Å². The Hall–Kier alpha value is -3.42. The average Bonchev–Trinajstić information content (AvgIpc) is 3.42. The van der Waals surface area contributed by atoms with E-state index < -0.39 is 0 Å². The number of nitrogens with zero attached hydrogens (tertiary/aromatic N) is 5. The summed E-state index contributed by atoms with van der Waals surface area (Å²) in [6.07, 6.45) is 8.94. The van der Waals surface area contributed by atoms with Gasteiger partial charge in [0.15, 0.2) is 5.82 Å². The van der Waals surface area contributed by atoms with Crippen LogP contribution in [0, 0.1) is 5.82 Å². The summed E-state index contributed by atoms with van der Waals surface area (Å²) in [6.45, 7) is 1.48. The van der Waals surface area contributed by atoms with Crippen LogP contribution in [0.4, 0.5) is 10.3 Å². The molecule has 1 amide bonds. The molecule has 1 aromatic carbocycles. The fourth-order valence-corrected chi connectivity index (χ4v) is 4.01. The number of halogens is 1. The molecule has 2 aliphatic rings. The minimum Gasteiger partial charge on any atom is -0.347 e. The number of rotatable bonds is 4. The van der Waals surface area contributed by atoms with E-state index in [0.717, 1.165) is 43.9 Å². The number of amides is 1. The summed E-state index contributed by atoms with van der Waals surface area (Å²) in [6, 6.07) is 6.07. The fourth-order valence-electron chi connectivity index (χ4n) is 4.01. The molecular formula is C22H21FN6O. The molecule has 0 saturated carbocycles. The lowest BCUT2D eigenvalue weighted by molar-refractivity contribution is 0.0939. The highest BCUT2D eigenvalue weighted by molar-refractivity contribution is 5.94. The lowest BCUT2D eigenvalue weighted by atomic mass is 10.2. The van der Waals surface area contributed by atoms with Gasteiger partial charge in [-0.25, -0.2) is 24.3 Å². The zero-order valence-corrected chi connectivity index (χ0v) is 16.4. The largest absolute Gasteiger partial charge is 0.347 e. The molecule has 1 N–H and O–H groups in total. The number of carbonyl (C=O) groups excluding carboxylic acids is 1. The van der Waals surface area contributed by atoms with Crippen LogP contribution in [0.2, 0.25) is 0 Å². The van der Waals surface area contributed by atoms with E-state index in [-0.39, 0.29) is 17.8 Å². The number of hydrogen-bond donors (Lipinski definition) is 1. The van der Waals surface area contributed by atoms with E-state index in [4.69, 9.17) is 4.98 Å². The highest BCUT2D eigenvalue weighted by Crippen LogP contribution is 2.23. The minimum absolute atomic E-state index is 0.0113. The summed E-state index contributed by atoms with van der Waals surface area (Å²) in [5.41, 5.74) is 3.36. The van der Waals surface area contributed by atoms with Crippen LogP contribution >= 0.6 is 0 Å². The number of anilines is 1. The molecule has 7 nitrogen and oxygen atoms in total. The Kier molecular flexibility index (Phi) is 4.82. The van der Waals surface area contributed by atoms with Crippen LogP contribution in [0.3, 0.4) is 0 Å². The third-order valence-corrected chi connectivity index (χ3v) is 5.60. The second-order valence-electron chi connectivity index (χ2n) is 7.71. The number of aromatic nitrogens is 4. The van der Waals surface area contributed by atoms with E-state index in [1.807, 2.05) is 6.20 Å². The van der Waals surface area contributed by atoms with Crippen molar-refractivity contribution in [2.45, 2.75) is 31.7 Å². The Morgan fingerprint density at radius 3 is 2.83 bits per heavy atom. The van der Waals surface area contributed by atoms with Gasteiger partial charge in [-0.2, -0.15) is 0 Å². The average molecular weight is 404 g/mol. The van der Waals surface area contributed by atoms with Crippen LogP contribution in [0.1, 0.15) is 34.5 Å². The number of benzene rings is 1. The standard InChI is InChI=1S/C22H21FN6O/c23-17-5-1-3-14(9-17)20-24-11-16(12-25-20)21(30)27-18-7-8-29(13-18)22-26-10-15-4-2-6-19(15)28-22/h1,3,5,9-12,18H,2,4,6-8,13H2,(H,27,30). The van der Waals surface area contributed by atoms with Crippen molar-refractivity contribution in [3.8, 4) is 11.4 Å². The number of carbonyl (C=O) groups is 1. The monoisotopic (exact) mass is 404 g/mol. The van der Waals surface area contributed by atoms with Gasteiger partial charge in [-0.1, -0.05) is 12.1 Å². The summed E-state index contributed by atoms with van der Waals surface area (Å²) in [5, 5.41) is 3.04. The maximum absolute atomic E-state index is 13.4. The molecule has 30 heavy (non-hydrogen) atoms. The summed E-state index contributed by atoms with van der Waals surface area (Å²) in [5.74, 6) is 0.556. The molecule has 0 bridgehead atoms. The van der Waals surface area contributed by atoms with Crippen molar-refractivity contribution in [3.05, 3.63) is 65.5 Å². The molecule has 1 unspecified atom stereocenters. The van der Waals surface area contributed by atoms with Gasteiger partial charge in [0.05, 0.1) is 5.56 Å². The first-order valence-corrected chi connectivity index (χ1v) is 10.1. The maximum Gasteiger partial charge on any atom is 0.254 e. The predicted molar refractivity (Wildman–Crippen MR) is 110 cm³/mol. The SMILES string of the molecule is O=C(NC1CCN(c2ncc3c(n2)CCC3)C1)c1cnc(-c2cccc(F)c2)nc1. The highest BCUT2D eigenvalue weighted by Gasteiger charge is 2.27. The molecule has 3 heterocycles. The topological polar surface area (TPSA) is 83.9 Å². The summed E-state index contributed by atoms with van der Waals surface area (Å²) in [7, 11) is 0. The van der Waals surface area contributed by atoms with Crippen LogP contribution in [0.25, 0.3) is 11.4 Å². The molecule has 1 atom stereocenters. The van der Waals surface area contributed by atoms with Gasteiger partial charge in [0.25, 0.3) is 5.91 Å². The second kappa shape index (κ2) is 7.78. The zero-order chi connectivity index (χ0) is 20.5. The van der Waals surface area contributed by atoms with Gasteiger partial charge in [0.1, 0.15) is 5.82 Å². The minimum atomic E-state index is -0.351. The Morgan fingerprint density at radius 1 is 1.13 bits per heavy atom. The molecule has 1 aliphatic carbocycles. The fraction of sp³-hybridized carbons (Fsp3) is 0.318. The summed E-state index contributed by atoms with van der Waals surface area (Å²) >= 11 is 0. The molecule has 3 aromatic rings. The van der Waals surface area contributed by atoms with Crippen LogP contribution in [0.15, 0.2) is 42.9 Å². The van der Waals surface area contributed by atoms with E-state index >= 15 is 0 Å². The first kappa shape index (κ1) is 18.6. The van der Waals surface area contributed by atoms with Gasteiger partial charge in [-0.15, -0.1) is 0 Å². The first-order chi connectivity index (χ1) is 14.7. The van der Waals surface area contributed by atoms with Gasteiger partial charge in [-0.3, -0.25) is 4.79 Å². The molecule has 5 rings (SSSR count). The molecule has 8 heteroatoms. The first-order valence-electron chi connectivity index (χ1n) is 10.1. The molecule has 0 radical (unpaired) electrons. The molecule has 0 spiro atoms. The molecular weight excluding hydrogens is 383 g/mol. The van der Waals surface area contributed by atoms with Crippen molar-refractivity contribution in [3.63, 3.8) is 0 Å². The van der Waals surface area contributed by atoms with Gasteiger partial charge >= 0.3 is 0 Å². The molecule has 1 aliphatic heterocycles. The number of fused-ring (bicyclic) bond motifs is 1. The quantitative estimate of drug-likeness (QED) is 0.720. The van der Waals surface area contributed by atoms with Crippen LogP contribution in [-0.2, 0) is 12.8 Å². The maximum atomic E-state index is 13.4. The summed E-state index contributed by atoms with van der Waals surface area (Å²) in [4.78, 5) is 32.4. The van der Waals surface area contributed by atoms with Gasteiger partial charge in [-0.05, 0) is 43.4 Å². The third kappa shape index (κ3) is 3.72. The Labute approximate surface area is 173 Å². The molecule has 152 valence electrons. The third-order valence-electron chi connectivity index (χ3n) is 5.60. The Balaban J connectivity index is 1.22. The van der Waals surface area contributed by atoms with E-state index in [0.29, 0.717) is 23.5 Å².